The number of carbonyl (C=O) groups excluding carboxylic acids is 2. The fourth-order valence-corrected chi connectivity index (χ4v) is 3.97. The number of imidazole rings is 1. The molecule has 0 radical (unpaired) electrons. The van der Waals surface area contributed by atoms with Crippen molar-refractivity contribution in [3.8, 4) is 0 Å². The number of benzene rings is 1. The van der Waals surface area contributed by atoms with Crippen molar-refractivity contribution in [1.82, 2.24) is 14.9 Å². The summed E-state index contributed by atoms with van der Waals surface area (Å²) in [6.07, 6.45) is 7.41. The van der Waals surface area contributed by atoms with Crippen molar-refractivity contribution in [2.45, 2.75) is 57.0 Å². The predicted octanol–water partition coefficient (Wildman–Crippen LogP) is 3.42. The van der Waals surface area contributed by atoms with Gasteiger partial charge in [-0.3, -0.25) is 0 Å². The molecule has 7 nitrogen and oxygen atoms in total. The quantitative estimate of drug-likeness (QED) is 0.722. The summed E-state index contributed by atoms with van der Waals surface area (Å²) in [5, 5.41) is 2.57. The van der Waals surface area contributed by atoms with Gasteiger partial charge in [0.2, 0.25) is 0 Å². The lowest BCUT2D eigenvalue weighted by atomic mass is 9.88. The summed E-state index contributed by atoms with van der Waals surface area (Å²) >= 11 is 0. The number of rotatable bonds is 7. The summed E-state index contributed by atoms with van der Waals surface area (Å²) < 4.78 is 11.7. The molecule has 1 aromatic carbocycles. The molecular weight excluding hydrogens is 370 g/mol. The van der Waals surface area contributed by atoms with Gasteiger partial charge >= 0.3 is 12.1 Å². The van der Waals surface area contributed by atoms with Gasteiger partial charge in [-0.1, -0.05) is 49.6 Å². The number of hydrogen-bond acceptors (Lipinski definition) is 5. The van der Waals surface area contributed by atoms with Gasteiger partial charge in [-0.05, 0) is 18.4 Å². The minimum absolute atomic E-state index is 0.286. The van der Waals surface area contributed by atoms with Crippen molar-refractivity contribution in [1.29, 1.82) is 0 Å². The molecule has 1 amide bonds. The third-order valence-corrected chi connectivity index (χ3v) is 5.50. The Bertz CT molecular complexity index is 813. The molecule has 0 bridgehead atoms. The van der Waals surface area contributed by atoms with E-state index in [4.69, 9.17) is 9.72 Å². The summed E-state index contributed by atoms with van der Waals surface area (Å²) in [7, 11) is 2.58. The predicted molar refractivity (Wildman–Crippen MR) is 109 cm³/mol. The fraction of sp³-hybridized carbons (Fsp3) is 0.500. The van der Waals surface area contributed by atoms with Crippen LogP contribution in [0.3, 0.4) is 0 Å². The first-order chi connectivity index (χ1) is 14.1. The number of esters is 1. The Hall–Kier alpha value is -2.83. The van der Waals surface area contributed by atoms with Gasteiger partial charge in [0.15, 0.2) is 0 Å². The van der Waals surface area contributed by atoms with Gasteiger partial charge in [-0.25, -0.2) is 14.6 Å². The van der Waals surface area contributed by atoms with Crippen LogP contribution in [-0.2, 0) is 27.2 Å². The van der Waals surface area contributed by atoms with Gasteiger partial charge in [0.25, 0.3) is 0 Å². The van der Waals surface area contributed by atoms with Crippen molar-refractivity contribution in [3.63, 3.8) is 0 Å². The highest BCUT2D eigenvalue weighted by atomic mass is 16.5. The smallest absolute Gasteiger partial charge is 0.407 e. The third-order valence-electron chi connectivity index (χ3n) is 5.50. The molecular formula is C22H29N3O4. The van der Waals surface area contributed by atoms with Crippen LogP contribution in [0.1, 0.15) is 55.1 Å². The number of alkyl carbamates (subject to hydrolysis) is 1. The summed E-state index contributed by atoms with van der Waals surface area (Å²) in [6.45, 7) is 0.675. The standard InChI is InChI=1S/C22H29N3O4/c1-28-21(26)19(24-22(27)29-2)13-18-14-23-20(17-11-7-4-8-12-17)25(18)15-16-9-5-3-6-10-16/h3,5-6,9-10,14,17,19H,4,7-8,11-13,15H2,1-2H3,(H,24,27)/t19-/m0/s1. The Morgan fingerprint density at radius 1 is 1.14 bits per heavy atom. The van der Waals surface area contributed by atoms with Crippen LogP contribution >= 0.6 is 0 Å². The van der Waals surface area contributed by atoms with Crippen LogP contribution < -0.4 is 5.32 Å². The van der Waals surface area contributed by atoms with E-state index in [-0.39, 0.29) is 6.42 Å². The molecule has 2 aromatic rings. The van der Waals surface area contributed by atoms with E-state index in [0.29, 0.717) is 12.5 Å². The first-order valence-corrected chi connectivity index (χ1v) is 10.1. The molecule has 1 N–H and O–H groups in total. The SMILES string of the molecule is COC(=O)N[C@@H](Cc1cnc(C2CCCCC2)n1Cc1ccccc1)C(=O)OC. The Labute approximate surface area is 171 Å². The van der Waals surface area contributed by atoms with Crippen LogP contribution in [0.15, 0.2) is 36.5 Å². The maximum absolute atomic E-state index is 12.2. The van der Waals surface area contributed by atoms with Crippen LogP contribution in [-0.4, -0.2) is 41.9 Å². The van der Waals surface area contributed by atoms with Gasteiger partial charge in [0, 0.05) is 30.8 Å². The number of amides is 1. The summed E-state index contributed by atoms with van der Waals surface area (Å²) in [4.78, 5) is 28.7. The van der Waals surface area contributed by atoms with Gasteiger partial charge in [0.1, 0.15) is 11.9 Å². The van der Waals surface area contributed by atoms with Crippen molar-refractivity contribution < 1.29 is 19.1 Å². The van der Waals surface area contributed by atoms with E-state index in [2.05, 4.69) is 26.8 Å². The molecule has 0 aliphatic heterocycles. The second kappa shape index (κ2) is 10.1. The highest BCUT2D eigenvalue weighted by molar-refractivity contribution is 5.81. The lowest BCUT2D eigenvalue weighted by Gasteiger charge is -2.24. The Morgan fingerprint density at radius 3 is 2.52 bits per heavy atom. The Kier molecular flexibility index (Phi) is 7.27. The molecule has 7 heteroatoms. The van der Waals surface area contributed by atoms with Crippen LogP contribution in [0, 0.1) is 0 Å². The molecule has 0 unspecified atom stereocenters. The second-order valence-electron chi connectivity index (χ2n) is 7.43. The molecule has 1 atom stereocenters. The molecule has 1 fully saturated rings. The number of ether oxygens (including phenoxy) is 2. The summed E-state index contributed by atoms with van der Waals surface area (Å²) in [6, 6.07) is 9.36. The lowest BCUT2D eigenvalue weighted by Crippen LogP contribution is -2.43. The molecule has 3 rings (SSSR count). The van der Waals surface area contributed by atoms with Crippen LogP contribution in [0.25, 0.3) is 0 Å². The minimum atomic E-state index is -0.835. The molecule has 1 aromatic heterocycles. The first-order valence-electron chi connectivity index (χ1n) is 10.1. The zero-order valence-corrected chi connectivity index (χ0v) is 17.1. The lowest BCUT2D eigenvalue weighted by molar-refractivity contribution is -0.143. The third kappa shape index (κ3) is 5.37. The van der Waals surface area contributed by atoms with Crippen molar-refractivity contribution in [3.05, 3.63) is 53.6 Å². The number of nitrogens with zero attached hydrogens (tertiary/aromatic N) is 2. The van der Waals surface area contributed by atoms with Crippen molar-refractivity contribution >= 4 is 12.1 Å². The van der Waals surface area contributed by atoms with Gasteiger partial charge in [0.05, 0.1) is 14.2 Å². The van der Waals surface area contributed by atoms with E-state index in [1.807, 2.05) is 24.4 Å². The Morgan fingerprint density at radius 2 is 1.86 bits per heavy atom. The maximum atomic E-state index is 12.2. The average molecular weight is 399 g/mol. The highest BCUT2D eigenvalue weighted by Crippen LogP contribution is 2.33. The Balaban J connectivity index is 1.90. The zero-order valence-electron chi connectivity index (χ0n) is 17.1. The van der Waals surface area contributed by atoms with Crippen molar-refractivity contribution in [2.24, 2.45) is 0 Å². The van der Waals surface area contributed by atoms with Gasteiger partial charge < -0.3 is 19.4 Å². The molecule has 1 heterocycles. The van der Waals surface area contributed by atoms with E-state index < -0.39 is 18.1 Å². The number of hydrogen-bond donors (Lipinski definition) is 1. The van der Waals surface area contributed by atoms with E-state index >= 15 is 0 Å². The van der Waals surface area contributed by atoms with Crippen LogP contribution in [0.2, 0.25) is 0 Å². The molecule has 1 aliphatic carbocycles. The molecule has 1 saturated carbocycles. The zero-order chi connectivity index (χ0) is 20.6. The first kappa shape index (κ1) is 20.9. The molecule has 29 heavy (non-hydrogen) atoms. The fourth-order valence-electron chi connectivity index (χ4n) is 3.97. The van der Waals surface area contributed by atoms with E-state index in [9.17, 15) is 9.59 Å². The normalized spacial score (nSPS) is 15.5. The van der Waals surface area contributed by atoms with Crippen LogP contribution in [0.4, 0.5) is 4.79 Å². The topological polar surface area (TPSA) is 82.5 Å². The second-order valence-corrected chi connectivity index (χ2v) is 7.43. The van der Waals surface area contributed by atoms with Crippen molar-refractivity contribution in [2.75, 3.05) is 14.2 Å². The molecule has 156 valence electrons. The van der Waals surface area contributed by atoms with Gasteiger partial charge in [-0.2, -0.15) is 0 Å². The number of methoxy groups -OCH3 is 2. The number of nitrogens with one attached hydrogen (secondary N) is 1. The minimum Gasteiger partial charge on any atom is -0.467 e. The summed E-state index contributed by atoms with van der Waals surface area (Å²) in [5.74, 6) is 0.971. The maximum Gasteiger partial charge on any atom is 0.407 e. The summed E-state index contributed by atoms with van der Waals surface area (Å²) in [5.41, 5.74) is 2.06. The number of carbonyl (C=O) groups is 2. The molecule has 0 saturated heterocycles. The van der Waals surface area contributed by atoms with Gasteiger partial charge in [-0.15, -0.1) is 0 Å². The van der Waals surface area contributed by atoms with E-state index in [1.165, 1.54) is 39.0 Å². The monoisotopic (exact) mass is 399 g/mol. The molecule has 0 spiro atoms. The highest BCUT2D eigenvalue weighted by Gasteiger charge is 2.27. The number of aromatic nitrogens is 2. The largest absolute Gasteiger partial charge is 0.467 e. The average Bonchev–Trinajstić information content (AvgIpc) is 3.16. The van der Waals surface area contributed by atoms with E-state index in [1.54, 1.807) is 0 Å². The van der Waals surface area contributed by atoms with Crippen LogP contribution in [0.5, 0.6) is 0 Å². The van der Waals surface area contributed by atoms with E-state index in [0.717, 1.165) is 24.4 Å². The molecule has 1 aliphatic rings.